The monoisotopic (exact) mass is 1090 g/mol. The van der Waals surface area contributed by atoms with Crippen molar-refractivity contribution in [3.05, 3.63) is 76.6 Å². The molecular weight excluding hydrogens is 1040 g/mol. The molecule has 3 saturated carbocycles. The molecule has 3 aliphatic carbocycles. The molecule has 0 spiro atoms. The van der Waals surface area contributed by atoms with E-state index in [1.807, 2.05) is 26.1 Å². The lowest BCUT2D eigenvalue weighted by atomic mass is 9.34. The van der Waals surface area contributed by atoms with E-state index in [1.165, 1.54) is 11.0 Å². The number of nitrogens with two attached hydrogens (primary N) is 1. The number of nitrogens with one attached hydrogen (secondary N) is 4. The Morgan fingerprint density at radius 2 is 1.36 bits per heavy atom. The predicted octanol–water partition coefficient (Wildman–Crippen LogP) is 7.59. The molecule has 20 nitrogen and oxygen atoms in total. The number of thiocarbonyl (C=S) groups is 1. The molecule has 3 fully saturated rings. The number of hydrogen-bond acceptors (Lipinski definition) is 10. The Morgan fingerprint density at radius 1 is 0.838 bits per heavy atom. The second-order valence-corrected chi connectivity index (χ2v) is 22.2. The van der Waals surface area contributed by atoms with Gasteiger partial charge >= 0.3 is 19.9 Å². The lowest BCUT2D eigenvalue weighted by Gasteiger charge is -2.69. The molecule has 3 aromatic carbocycles. The molecule has 4 heterocycles. The number of unbranched alkanes of at least 4 members (excludes halogenated alkanes) is 1. The Kier molecular flexibility index (Phi) is 14.7. The molecule has 5 aliphatic rings. The number of rotatable bonds is 18. The number of aromatic amines is 2. The fraction of sp³-hybridized carbons (Fsp3) is 0.440. The van der Waals surface area contributed by atoms with Crippen molar-refractivity contribution in [3.8, 4) is 11.5 Å². The van der Waals surface area contributed by atoms with Crippen molar-refractivity contribution in [1.82, 2.24) is 25.1 Å². The zero-order valence-electron chi connectivity index (χ0n) is 41.2. The highest BCUT2D eigenvalue weighted by molar-refractivity contribution is 7.80. The zero-order valence-corrected chi connectivity index (χ0v) is 44.4. The van der Waals surface area contributed by atoms with Gasteiger partial charge < -0.3 is 59.9 Å². The van der Waals surface area contributed by atoms with E-state index in [2.05, 4.69) is 20.6 Å². The predicted molar refractivity (Wildman–Crippen MR) is 284 cm³/mol. The molecule has 394 valence electrons. The number of aryl methyl sites for hydroxylation is 2. The van der Waals surface area contributed by atoms with Gasteiger partial charge in [0, 0.05) is 118 Å². The molecule has 2 bridgehead atoms. The topological polar surface area (TPSA) is 265 Å². The maximum atomic E-state index is 14.9. The molecular formula is C50H58Cl2N9O11PS. The first-order chi connectivity index (χ1) is 35.2. The number of phosphoric acid groups is 1. The number of urea groups is 1. The lowest BCUT2D eigenvalue weighted by molar-refractivity contribution is -0.205. The van der Waals surface area contributed by atoms with Crippen LogP contribution in [0.25, 0.3) is 21.8 Å². The third-order valence-electron chi connectivity index (χ3n) is 14.8. The number of carbonyl (C=O) groups excluding carboxylic acids is 5. The van der Waals surface area contributed by atoms with Crippen LogP contribution in [-0.4, -0.2) is 123 Å². The van der Waals surface area contributed by atoms with Crippen molar-refractivity contribution < 1.29 is 52.3 Å². The van der Waals surface area contributed by atoms with Gasteiger partial charge in [-0.1, -0.05) is 12.1 Å². The number of alkyl halides is 2. The number of hydrogen-bond donors (Lipinski definition) is 7. The van der Waals surface area contributed by atoms with Gasteiger partial charge in [0.05, 0.1) is 33.2 Å². The first-order valence-electron chi connectivity index (χ1n) is 24.2. The van der Waals surface area contributed by atoms with Gasteiger partial charge in [-0.25, -0.2) is 14.2 Å². The van der Waals surface area contributed by atoms with Crippen molar-refractivity contribution in [1.29, 1.82) is 0 Å². The average molecular weight is 1100 g/mol. The molecule has 6 amide bonds. The largest absolute Gasteiger partial charge is 0.524 e. The number of H-pyrrole nitrogens is 2. The van der Waals surface area contributed by atoms with Crippen LogP contribution in [0.15, 0.2) is 48.8 Å². The van der Waals surface area contributed by atoms with Crippen LogP contribution in [0.2, 0.25) is 0 Å². The van der Waals surface area contributed by atoms with E-state index in [1.54, 1.807) is 59.3 Å². The number of amides is 6. The summed E-state index contributed by atoms with van der Waals surface area (Å²) in [6.07, 6.45) is 5.56. The fourth-order valence-corrected chi connectivity index (χ4v) is 12.3. The first kappa shape index (κ1) is 52.8. The summed E-state index contributed by atoms with van der Waals surface area (Å²) in [6.45, 7) is 5.41. The number of benzene rings is 3. The molecule has 0 unspecified atom stereocenters. The maximum Gasteiger partial charge on any atom is 0.524 e. The Labute approximate surface area is 441 Å². The molecule has 0 radical (unpaired) electrons. The highest BCUT2D eigenvalue weighted by atomic mass is 35.5. The minimum atomic E-state index is -4.95. The number of likely N-dealkylation sites (N-methyl/N-ethyl adjacent to an activating group) is 2. The molecule has 2 atom stereocenters. The molecule has 0 saturated heterocycles. The van der Waals surface area contributed by atoms with Crippen LogP contribution in [-0.2, 0) is 30.3 Å². The van der Waals surface area contributed by atoms with Gasteiger partial charge in [0.25, 0.3) is 5.17 Å². The van der Waals surface area contributed by atoms with E-state index in [0.717, 1.165) is 33.2 Å². The summed E-state index contributed by atoms with van der Waals surface area (Å²) in [6, 6.07) is 9.68. The molecule has 2 aromatic heterocycles. The van der Waals surface area contributed by atoms with E-state index in [-0.39, 0.29) is 78.4 Å². The van der Waals surface area contributed by atoms with Gasteiger partial charge in [0.15, 0.2) is 11.5 Å². The summed E-state index contributed by atoms with van der Waals surface area (Å²) in [5.41, 5.74) is 10.6. The van der Waals surface area contributed by atoms with Crippen LogP contribution >= 0.6 is 43.2 Å². The number of ether oxygens (including phenoxy) is 2. The number of halogens is 2. The average Bonchev–Trinajstić information content (AvgIpc) is 4.11. The number of carbonyl (C=O) groups is 5. The molecule has 24 heteroatoms. The van der Waals surface area contributed by atoms with Gasteiger partial charge in [0.1, 0.15) is 6.61 Å². The lowest BCUT2D eigenvalue weighted by Crippen LogP contribution is -2.73. The molecule has 10 rings (SSSR count). The summed E-state index contributed by atoms with van der Waals surface area (Å²) in [7, 11) is -1.59. The van der Waals surface area contributed by atoms with Crippen LogP contribution < -0.4 is 35.4 Å². The van der Waals surface area contributed by atoms with E-state index < -0.39 is 30.8 Å². The number of aromatic nitrogens is 2. The smallest absolute Gasteiger partial charge is 0.445 e. The Hall–Kier alpha value is -6.09. The van der Waals surface area contributed by atoms with Gasteiger partial charge in [0.2, 0.25) is 17.7 Å². The van der Waals surface area contributed by atoms with E-state index in [9.17, 15) is 38.3 Å². The summed E-state index contributed by atoms with van der Waals surface area (Å²) < 4.78 is 29.1. The molecule has 2 aliphatic heterocycles. The van der Waals surface area contributed by atoms with E-state index in [0.29, 0.717) is 91.0 Å². The quantitative estimate of drug-likeness (QED) is 0.0193. The van der Waals surface area contributed by atoms with Crippen molar-refractivity contribution in [3.63, 3.8) is 0 Å². The number of nitrogens with zero attached hydrogens (tertiary/aromatic N) is 4. The Morgan fingerprint density at radius 3 is 1.89 bits per heavy atom. The summed E-state index contributed by atoms with van der Waals surface area (Å²) >= 11 is 18.9. The summed E-state index contributed by atoms with van der Waals surface area (Å²) in [5, 5.41) is 7.03. The van der Waals surface area contributed by atoms with Gasteiger partial charge in [-0.05, 0) is 98.1 Å². The minimum Gasteiger partial charge on any atom is -0.445 e. The number of anilines is 3. The van der Waals surface area contributed by atoms with Crippen LogP contribution in [0.5, 0.6) is 11.5 Å². The van der Waals surface area contributed by atoms with E-state index >= 15 is 0 Å². The third-order valence-corrected chi connectivity index (χ3v) is 16.4. The number of phosphoric ester groups is 1. The first-order valence-corrected chi connectivity index (χ1v) is 27.2. The Bertz CT molecular complexity index is 3120. The summed E-state index contributed by atoms with van der Waals surface area (Å²) in [5.74, 6) is -0.0452. The van der Waals surface area contributed by atoms with Crippen LogP contribution in [0.4, 0.5) is 26.7 Å². The van der Waals surface area contributed by atoms with Crippen LogP contribution in [0.1, 0.15) is 78.2 Å². The standard InChI is InChI=1S/C50H58Cl2N9O11PS/c1-27-19-55-42-35(71-48(74)59(4)14-13-58(3)47(66)70-23-29-8-10-32(11-9-29)57-37(62)7-5-6-12-54-46(53)65)15-33-40(38(27)42)30(17-51)21-60(33)44(63)49-24-50(25-49,26-49)45(64)61-22-31(18-52)41-34(61)16-36(72-73(67,68)69)43-39(41)28(2)20-56-43/h8-11,15-16,19-20,30-31,55-56H,5-7,12-14,17-18,21-26H2,1-4H3,(H,57,62)(H3,53,54,65)(H2,67,68,69)/t30-,31-,49?,50?/m1/s1. The second-order valence-electron chi connectivity index (χ2n) is 20.0. The molecule has 74 heavy (non-hydrogen) atoms. The zero-order chi connectivity index (χ0) is 53.0. The minimum absolute atomic E-state index is 0.0129. The van der Waals surface area contributed by atoms with Crippen molar-refractivity contribution in [2.24, 2.45) is 16.6 Å². The van der Waals surface area contributed by atoms with Gasteiger partial charge in [-0.3, -0.25) is 24.2 Å². The molecule has 5 aromatic rings. The van der Waals surface area contributed by atoms with Crippen molar-refractivity contribution >= 4 is 117 Å². The van der Waals surface area contributed by atoms with Crippen LogP contribution in [0, 0.1) is 24.7 Å². The Balaban J connectivity index is 0.823. The second kappa shape index (κ2) is 20.6. The highest BCUT2D eigenvalue weighted by Crippen LogP contribution is 2.75. The summed E-state index contributed by atoms with van der Waals surface area (Å²) in [4.78, 5) is 98.0. The van der Waals surface area contributed by atoms with Crippen molar-refractivity contribution in [2.75, 3.05) is 73.7 Å². The number of primary amides is 1. The van der Waals surface area contributed by atoms with Gasteiger partial charge in [-0.15, -0.1) is 23.2 Å². The maximum absolute atomic E-state index is 14.9. The SMILES string of the molecule is Cc1c[nH]c2c(OC(=S)N(C)CCN(C)C(=O)OCc3ccc(NC(=O)CCCCNC(N)=O)cc3)cc3c(c12)[C@H](CCl)CN3C(=O)C12CC(C(=O)N3C[C@@H](CCl)c4c3cc(OP(=O)(O)O)c3[nH]cc(C)c43)(C1)C2. The molecule has 8 N–H and O–H groups in total. The normalized spacial score (nSPS) is 20.3. The highest BCUT2D eigenvalue weighted by Gasteiger charge is 2.76. The van der Waals surface area contributed by atoms with Gasteiger partial charge in [-0.2, -0.15) is 0 Å². The third kappa shape index (κ3) is 9.97. The fourth-order valence-electron chi connectivity index (χ4n) is 11.2. The van der Waals surface area contributed by atoms with Crippen LogP contribution in [0.3, 0.4) is 0 Å². The van der Waals surface area contributed by atoms with Crippen molar-refractivity contribution in [2.45, 2.75) is 70.8 Å². The van der Waals surface area contributed by atoms with E-state index in [4.69, 9.17) is 55.2 Å². The number of fused-ring (bicyclic) bond motifs is 6.